The molecule has 3 rings (SSSR count). The summed E-state index contributed by atoms with van der Waals surface area (Å²) < 4.78 is 7.18. The normalized spacial score (nSPS) is 18.0. The summed E-state index contributed by atoms with van der Waals surface area (Å²) in [6, 6.07) is 3.81. The fourth-order valence-electron chi connectivity index (χ4n) is 3.18. The summed E-state index contributed by atoms with van der Waals surface area (Å²) in [6.45, 7) is 3.61. The van der Waals surface area contributed by atoms with Crippen molar-refractivity contribution in [3.05, 3.63) is 41.6 Å². The van der Waals surface area contributed by atoms with Crippen LogP contribution in [0.1, 0.15) is 60.5 Å². The number of carbonyl (C=O) groups is 1. The molecular formula is C17H23N3O3. The molecule has 6 heteroatoms. The van der Waals surface area contributed by atoms with Crippen LogP contribution in [0.2, 0.25) is 0 Å². The molecule has 1 aliphatic carbocycles. The minimum absolute atomic E-state index is 0.0768. The number of aliphatic hydroxyl groups is 1. The molecule has 0 aromatic carbocycles. The number of aromatic nitrogens is 2. The summed E-state index contributed by atoms with van der Waals surface area (Å²) in [5.74, 6) is 0.203. The zero-order chi connectivity index (χ0) is 16.4. The molecule has 0 saturated heterocycles. The number of amides is 1. The molecule has 1 amide bonds. The van der Waals surface area contributed by atoms with Gasteiger partial charge in [-0.15, -0.1) is 0 Å². The topological polar surface area (TPSA) is 80.3 Å². The van der Waals surface area contributed by atoms with Crippen molar-refractivity contribution in [3.8, 4) is 0 Å². The predicted molar refractivity (Wildman–Crippen MR) is 85.1 cm³/mol. The average molecular weight is 317 g/mol. The van der Waals surface area contributed by atoms with E-state index in [-0.39, 0.29) is 12.5 Å². The summed E-state index contributed by atoms with van der Waals surface area (Å²) >= 11 is 0. The Morgan fingerprint density at radius 2 is 2.26 bits per heavy atom. The van der Waals surface area contributed by atoms with Crippen molar-refractivity contribution in [1.82, 2.24) is 15.1 Å². The Morgan fingerprint density at radius 3 is 2.91 bits per heavy atom. The fraction of sp³-hybridized carbons (Fsp3) is 0.529. The summed E-state index contributed by atoms with van der Waals surface area (Å²) in [5.41, 5.74) is 0.202. The van der Waals surface area contributed by atoms with Gasteiger partial charge in [-0.2, -0.15) is 5.10 Å². The minimum Gasteiger partial charge on any atom is -0.466 e. The smallest absolute Gasteiger partial charge is 0.254 e. The first-order chi connectivity index (χ1) is 11.0. The Balaban J connectivity index is 1.67. The average Bonchev–Trinajstić information content (AvgIpc) is 3.25. The monoisotopic (exact) mass is 317 g/mol. The van der Waals surface area contributed by atoms with Gasteiger partial charge in [0.1, 0.15) is 11.4 Å². The van der Waals surface area contributed by atoms with Gasteiger partial charge in [-0.25, -0.2) is 0 Å². The van der Waals surface area contributed by atoms with Gasteiger partial charge >= 0.3 is 0 Å². The van der Waals surface area contributed by atoms with E-state index in [1.807, 2.05) is 11.6 Å². The van der Waals surface area contributed by atoms with Crippen LogP contribution in [0.25, 0.3) is 0 Å². The highest BCUT2D eigenvalue weighted by Gasteiger charge is 2.28. The van der Waals surface area contributed by atoms with E-state index in [2.05, 4.69) is 10.4 Å². The Labute approximate surface area is 135 Å². The highest BCUT2D eigenvalue weighted by molar-refractivity contribution is 5.95. The molecule has 6 nitrogen and oxygen atoms in total. The van der Waals surface area contributed by atoms with Crippen molar-refractivity contribution in [2.75, 3.05) is 6.54 Å². The van der Waals surface area contributed by atoms with E-state index in [0.29, 0.717) is 17.4 Å². The maximum atomic E-state index is 12.4. The summed E-state index contributed by atoms with van der Waals surface area (Å²) in [6.07, 6.45) is 7.80. The van der Waals surface area contributed by atoms with E-state index < -0.39 is 5.60 Å². The molecule has 1 unspecified atom stereocenters. The standard InChI is InChI=1S/C17H23N3O3/c1-12-14(10-19-20(12)13-6-3-4-7-13)16(21)18-11-17(2,22)15-8-5-9-23-15/h5,8-10,13,22H,3-4,6-7,11H2,1-2H3,(H,18,21). The molecular weight excluding hydrogens is 294 g/mol. The first-order valence-corrected chi connectivity index (χ1v) is 8.08. The Bertz CT molecular complexity index is 667. The van der Waals surface area contributed by atoms with Crippen LogP contribution in [0.3, 0.4) is 0 Å². The highest BCUT2D eigenvalue weighted by Crippen LogP contribution is 2.30. The molecule has 2 aromatic heterocycles. The number of nitrogens with one attached hydrogen (secondary N) is 1. The minimum atomic E-state index is -1.24. The van der Waals surface area contributed by atoms with E-state index in [4.69, 9.17) is 4.42 Å². The van der Waals surface area contributed by atoms with Crippen LogP contribution in [0.15, 0.2) is 29.0 Å². The van der Waals surface area contributed by atoms with Crippen molar-refractivity contribution in [2.24, 2.45) is 0 Å². The zero-order valence-electron chi connectivity index (χ0n) is 13.6. The Morgan fingerprint density at radius 1 is 1.52 bits per heavy atom. The lowest BCUT2D eigenvalue weighted by molar-refractivity contribution is 0.0330. The Hall–Kier alpha value is -2.08. The van der Waals surface area contributed by atoms with Crippen LogP contribution >= 0.6 is 0 Å². The summed E-state index contributed by atoms with van der Waals surface area (Å²) in [4.78, 5) is 12.4. The molecule has 1 atom stereocenters. The van der Waals surface area contributed by atoms with Gasteiger partial charge in [-0.3, -0.25) is 9.48 Å². The number of nitrogens with zero attached hydrogens (tertiary/aromatic N) is 2. The third-order valence-electron chi connectivity index (χ3n) is 4.61. The largest absolute Gasteiger partial charge is 0.466 e. The molecule has 2 aromatic rings. The highest BCUT2D eigenvalue weighted by atomic mass is 16.4. The zero-order valence-corrected chi connectivity index (χ0v) is 13.6. The van der Waals surface area contributed by atoms with Gasteiger partial charge in [0.2, 0.25) is 0 Å². The second-order valence-electron chi connectivity index (χ2n) is 6.46. The van der Waals surface area contributed by atoms with Crippen LogP contribution in [-0.2, 0) is 5.60 Å². The van der Waals surface area contributed by atoms with Crippen LogP contribution in [-0.4, -0.2) is 27.3 Å². The molecule has 2 N–H and O–H groups in total. The van der Waals surface area contributed by atoms with Gasteiger partial charge in [0.25, 0.3) is 5.91 Å². The van der Waals surface area contributed by atoms with Crippen molar-refractivity contribution >= 4 is 5.91 Å². The van der Waals surface area contributed by atoms with E-state index in [1.54, 1.807) is 25.3 Å². The lowest BCUT2D eigenvalue weighted by atomic mass is 10.0. The Kier molecular flexibility index (Phi) is 4.26. The van der Waals surface area contributed by atoms with Crippen molar-refractivity contribution in [3.63, 3.8) is 0 Å². The second kappa shape index (κ2) is 6.20. The maximum Gasteiger partial charge on any atom is 0.254 e. The van der Waals surface area contributed by atoms with Crippen molar-refractivity contribution in [2.45, 2.75) is 51.2 Å². The lowest BCUT2D eigenvalue weighted by Crippen LogP contribution is -2.38. The van der Waals surface area contributed by atoms with E-state index >= 15 is 0 Å². The first-order valence-electron chi connectivity index (χ1n) is 8.08. The van der Waals surface area contributed by atoms with Gasteiger partial charge in [0, 0.05) is 5.69 Å². The molecule has 0 bridgehead atoms. The number of hydrogen-bond acceptors (Lipinski definition) is 4. The number of furan rings is 1. The first kappa shape index (κ1) is 15.8. The molecule has 23 heavy (non-hydrogen) atoms. The second-order valence-corrected chi connectivity index (χ2v) is 6.46. The molecule has 0 radical (unpaired) electrons. The van der Waals surface area contributed by atoms with Gasteiger partial charge in [0.15, 0.2) is 0 Å². The molecule has 1 fully saturated rings. The predicted octanol–water partition coefficient (Wildman–Crippen LogP) is 2.54. The van der Waals surface area contributed by atoms with Gasteiger partial charge < -0.3 is 14.8 Å². The van der Waals surface area contributed by atoms with Crippen molar-refractivity contribution in [1.29, 1.82) is 0 Å². The summed E-state index contributed by atoms with van der Waals surface area (Å²) in [7, 11) is 0. The van der Waals surface area contributed by atoms with E-state index in [0.717, 1.165) is 18.5 Å². The van der Waals surface area contributed by atoms with Gasteiger partial charge in [-0.05, 0) is 38.8 Å². The third kappa shape index (κ3) is 3.17. The lowest BCUT2D eigenvalue weighted by Gasteiger charge is -2.21. The van der Waals surface area contributed by atoms with Crippen LogP contribution < -0.4 is 5.32 Å². The van der Waals surface area contributed by atoms with Crippen LogP contribution in [0.5, 0.6) is 0 Å². The SMILES string of the molecule is Cc1c(C(=O)NCC(C)(O)c2ccco2)cnn1C1CCCC1. The number of rotatable bonds is 5. The molecule has 2 heterocycles. The molecule has 0 aliphatic heterocycles. The quantitative estimate of drug-likeness (QED) is 0.888. The third-order valence-corrected chi connectivity index (χ3v) is 4.61. The summed E-state index contributed by atoms with van der Waals surface area (Å²) in [5, 5.41) is 17.5. The fourth-order valence-corrected chi connectivity index (χ4v) is 3.18. The molecule has 1 saturated carbocycles. The van der Waals surface area contributed by atoms with Gasteiger partial charge in [-0.1, -0.05) is 12.8 Å². The molecule has 124 valence electrons. The van der Waals surface area contributed by atoms with E-state index in [9.17, 15) is 9.90 Å². The maximum absolute atomic E-state index is 12.4. The molecule has 1 aliphatic rings. The van der Waals surface area contributed by atoms with Crippen LogP contribution in [0, 0.1) is 6.92 Å². The van der Waals surface area contributed by atoms with Crippen molar-refractivity contribution < 1.29 is 14.3 Å². The van der Waals surface area contributed by atoms with Crippen LogP contribution in [0.4, 0.5) is 0 Å². The molecule has 0 spiro atoms. The number of hydrogen-bond donors (Lipinski definition) is 2. The number of carbonyl (C=O) groups excluding carboxylic acids is 1. The van der Waals surface area contributed by atoms with Gasteiger partial charge in [0.05, 0.1) is 30.6 Å². The van der Waals surface area contributed by atoms with E-state index in [1.165, 1.54) is 19.1 Å².